The minimum absolute atomic E-state index is 0.534. The first-order valence-electron chi connectivity index (χ1n) is 7.12. The lowest BCUT2D eigenvalue weighted by molar-refractivity contribution is 0.341. The van der Waals surface area contributed by atoms with Gasteiger partial charge < -0.3 is 15.0 Å². The van der Waals surface area contributed by atoms with E-state index >= 15 is 0 Å². The maximum atomic E-state index is 5.72. The molecular weight excluding hydrogens is 262 g/mol. The molecule has 0 saturated carbocycles. The summed E-state index contributed by atoms with van der Waals surface area (Å²) < 4.78 is 7.80. The number of hydrogen-bond donors (Lipinski definition) is 1. The van der Waals surface area contributed by atoms with Crippen molar-refractivity contribution in [2.45, 2.75) is 13.5 Å². The molecule has 4 heteroatoms. The Labute approximate surface area is 124 Å². The average Bonchev–Trinajstić information content (AvgIpc) is 2.85. The van der Waals surface area contributed by atoms with E-state index in [4.69, 9.17) is 15.5 Å². The van der Waals surface area contributed by atoms with Gasteiger partial charge in [0, 0.05) is 13.6 Å². The number of aryl methyl sites for hydroxylation is 1. The van der Waals surface area contributed by atoms with Crippen molar-refractivity contribution >= 4 is 11.0 Å². The fraction of sp³-hybridized carbons (Fsp3) is 0.235. The number of benzene rings is 2. The summed E-state index contributed by atoms with van der Waals surface area (Å²) in [5.41, 5.74) is 9.89. The molecule has 4 nitrogen and oxygen atoms in total. The Bertz CT molecular complexity index is 777. The smallest absolute Gasteiger partial charge is 0.144 e. The van der Waals surface area contributed by atoms with Crippen molar-refractivity contribution in [3.8, 4) is 17.1 Å². The molecule has 2 N–H and O–H groups in total. The second kappa shape index (κ2) is 5.58. The van der Waals surface area contributed by atoms with E-state index in [9.17, 15) is 0 Å². The molecule has 0 saturated heterocycles. The van der Waals surface area contributed by atoms with Crippen molar-refractivity contribution < 1.29 is 4.74 Å². The Balaban J connectivity index is 2.19. The Morgan fingerprint density at radius 1 is 1.19 bits per heavy atom. The van der Waals surface area contributed by atoms with E-state index in [0.717, 1.165) is 33.7 Å². The Kier molecular flexibility index (Phi) is 3.62. The number of nitrogens with two attached hydrogens (primary N) is 1. The third-order valence-electron chi connectivity index (χ3n) is 3.61. The predicted octanol–water partition coefficient (Wildman–Crippen LogP) is 3.10. The highest BCUT2D eigenvalue weighted by atomic mass is 16.5. The summed E-state index contributed by atoms with van der Waals surface area (Å²) in [5, 5.41) is 0. The molecule has 0 fully saturated rings. The molecule has 0 bridgehead atoms. The zero-order chi connectivity index (χ0) is 14.8. The number of hydrogen-bond acceptors (Lipinski definition) is 3. The standard InChI is InChI=1S/C17H19N3O/c1-3-21-16-7-5-4-6-13(16)17-19-14-9-8-12(11-18)10-15(14)20(17)2/h4-10H,3,11,18H2,1-2H3. The number of imidazole rings is 1. The number of aromatic nitrogens is 2. The summed E-state index contributed by atoms with van der Waals surface area (Å²) in [6.07, 6.45) is 0. The van der Waals surface area contributed by atoms with E-state index in [0.29, 0.717) is 13.2 Å². The summed E-state index contributed by atoms with van der Waals surface area (Å²) in [5.74, 6) is 1.76. The lowest BCUT2D eigenvalue weighted by atomic mass is 10.2. The number of para-hydroxylation sites is 1. The molecule has 0 aliphatic carbocycles. The van der Waals surface area contributed by atoms with Gasteiger partial charge in [-0.25, -0.2) is 4.98 Å². The average molecular weight is 281 g/mol. The van der Waals surface area contributed by atoms with Crippen molar-refractivity contribution in [1.82, 2.24) is 9.55 Å². The molecular formula is C17H19N3O. The Hall–Kier alpha value is -2.33. The lowest BCUT2D eigenvalue weighted by Gasteiger charge is -2.09. The normalized spacial score (nSPS) is 11.0. The highest BCUT2D eigenvalue weighted by Crippen LogP contribution is 2.31. The second-order valence-corrected chi connectivity index (χ2v) is 4.95. The minimum atomic E-state index is 0.534. The summed E-state index contributed by atoms with van der Waals surface area (Å²) in [6.45, 7) is 3.16. The van der Waals surface area contributed by atoms with Crippen LogP contribution in [0.25, 0.3) is 22.4 Å². The van der Waals surface area contributed by atoms with E-state index in [-0.39, 0.29) is 0 Å². The Morgan fingerprint density at radius 3 is 2.76 bits per heavy atom. The van der Waals surface area contributed by atoms with Crippen LogP contribution in [-0.4, -0.2) is 16.2 Å². The van der Waals surface area contributed by atoms with Gasteiger partial charge in [0.25, 0.3) is 0 Å². The van der Waals surface area contributed by atoms with E-state index in [1.807, 2.05) is 50.4 Å². The fourth-order valence-electron chi connectivity index (χ4n) is 2.54. The van der Waals surface area contributed by atoms with Crippen LogP contribution in [0.5, 0.6) is 5.75 Å². The zero-order valence-electron chi connectivity index (χ0n) is 12.3. The van der Waals surface area contributed by atoms with Crippen LogP contribution < -0.4 is 10.5 Å². The van der Waals surface area contributed by atoms with Gasteiger partial charge >= 0.3 is 0 Å². The summed E-state index contributed by atoms with van der Waals surface area (Å²) >= 11 is 0. The minimum Gasteiger partial charge on any atom is -0.493 e. The molecule has 0 unspecified atom stereocenters. The molecule has 1 heterocycles. The third-order valence-corrected chi connectivity index (χ3v) is 3.61. The first kappa shape index (κ1) is 13.6. The van der Waals surface area contributed by atoms with E-state index in [2.05, 4.69) is 10.6 Å². The number of rotatable bonds is 4. The molecule has 0 amide bonds. The van der Waals surface area contributed by atoms with Crippen molar-refractivity contribution in [2.75, 3.05) is 6.61 Å². The van der Waals surface area contributed by atoms with Crippen LogP contribution in [-0.2, 0) is 13.6 Å². The Morgan fingerprint density at radius 2 is 2.00 bits per heavy atom. The van der Waals surface area contributed by atoms with Crippen LogP contribution in [0.15, 0.2) is 42.5 Å². The number of fused-ring (bicyclic) bond motifs is 1. The second-order valence-electron chi connectivity index (χ2n) is 4.95. The van der Waals surface area contributed by atoms with Crippen LogP contribution in [0, 0.1) is 0 Å². The van der Waals surface area contributed by atoms with Crippen molar-refractivity contribution in [3.05, 3.63) is 48.0 Å². The predicted molar refractivity (Wildman–Crippen MR) is 85.2 cm³/mol. The quantitative estimate of drug-likeness (QED) is 0.799. The molecule has 0 aliphatic rings. The molecule has 0 spiro atoms. The third kappa shape index (κ3) is 2.38. The van der Waals surface area contributed by atoms with E-state index in [1.165, 1.54) is 0 Å². The van der Waals surface area contributed by atoms with E-state index < -0.39 is 0 Å². The van der Waals surface area contributed by atoms with Crippen LogP contribution in [0.4, 0.5) is 0 Å². The molecule has 0 radical (unpaired) electrons. The monoisotopic (exact) mass is 281 g/mol. The van der Waals surface area contributed by atoms with Crippen molar-refractivity contribution in [3.63, 3.8) is 0 Å². The van der Waals surface area contributed by atoms with E-state index in [1.54, 1.807) is 0 Å². The summed E-state index contributed by atoms with van der Waals surface area (Å²) in [7, 11) is 2.02. The largest absolute Gasteiger partial charge is 0.493 e. The van der Waals surface area contributed by atoms with Crippen LogP contribution in [0.3, 0.4) is 0 Å². The van der Waals surface area contributed by atoms with Crippen LogP contribution >= 0.6 is 0 Å². The van der Waals surface area contributed by atoms with Crippen LogP contribution in [0.2, 0.25) is 0 Å². The first-order chi connectivity index (χ1) is 10.2. The molecule has 2 aromatic carbocycles. The molecule has 21 heavy (non-hydrogen) atoms. The molecule has 0 aliphatic heterocycles. The zero-order valence-corrected chi connectivity index (χ0v) is 12.3. The van der Waals surface area contributed by atoms with Gasteiger partial charge in [0.1, 0.15) is 11.6 Å². The van der Waals surface area contributed by atoms with Crippen molar-refractivity contribution in [1.29, 1.82) is 0 Å². The first-order valence-corrected chi connectivity index (χ1v) is 7.12. The van der Waals surface area contributed by atoms with Gasteiger partial charge in [-0.1, -0.05) is 18.2 Å². The molecule has 3 rings (SSSR count). The SMILES string of the molecule is CCOc1ccccc1-c1nc2ccc(CN)cc2n1C. The van der Waals surface area contributed by atoms with Crippen molar-refractivity contribution in [2.24, 2.45) is 12.8 Å². The van der Waals surface area contributed by atoms with Gasteiger partial charge in [-0.15, -0.1) is 0 Å². The molecule has 1 aromatic heterocycles. The lowest BCUT2D eigenvalue weighted by Crippen LogP contribution is -1.98. The topological polar surface area (TPSA) is 53.1 Å². The van der Waals surface area contributed by atoms with Gasteiger partial charge in [-0.2, -0.15) is 0 Å². The molecule has 0 atom stereocenters. The van der Waals surface area contributed by atoms with Gasteiger partial charge in [-0.05, 0) is 36.8 Å². The maximum Gasteiger partial charge on any atom is 0.144 e. The summed E-state index contributed by atoms with van der Waals surface area (Å²) in [4.78, 5) is 4.74. The van der Waals surface area contributed by atoms with Gasteiger partial charge in [0.15, 0.2) is 0 Å². The number of ether oxygens (including phenoxy) is 1. The van der Waals surface area contributed by atoms with Crippen LogP contribution in [0.1, 0.15) is 12.5 Å². The van der Waals surface area contributed by atoms with Gasteiger partial charge in [-0.3, -0.25) is 0 Å². The fourth-order valence-corrected chi connectivity index (χ4v) is 2.54. The molecule has 108 valence electrons. The maximum absolute atomic E-state index is 5.72. The van der Waals surface area contributed by atoms with Gasteiger partial charge in [0.05, 0.1) is 23.2 Å². The highest BCUT2D eigenvalue weighted by molar-refractivity contribution is 5.82. The highest BCUT2D eigenvalue weighted by Gasteiger charge is 2.14. The molecule has 3 aromatic rings. The number of nitrogens with zero attached hydrogens (tertiary/aromatic N) is 2. The van der Waals surface area contributed by atoms with Gasteiger partial charge in [0.2, 0.25) is 0 Å². The summed E-state index contributed by atoms with van der Waals surface area (Å²) in [6, 6.07) is 14.1.